The SMILES string of the molecule is CCCCCCC(O)C(=O)O[C@@H]1[C@@H]2[C@H](CC1(C)C)[C@H](O)[C@H]1C(=O)C(=O)[C@@](CO)(OC)[C@@]21C. The Bertz CT molecular complexity index is 757. The van der Waals surface area contributed by atoms with E-state index < -0.39 is 76.6 Å². The fraction of sp³-hybridized carbons (Fsp3) is 0.875. The number of fused-ring (bicyclic) bond motifs is 3. The Hall–Kier alpha value is -1.35. The maximum absolute atomic E-state index is 12.9. The topological polar surface area (TPSA) is 130 Å². The van der Waals surface area contributed by atoms with Gasteiger partial charge in [0.15, 0.2) is 11.7 Å². The Balaban J connectivity index is 1.92. The Morgan fingerprint density at radius 1 is 1.19 bits per heavy atom. The van der Waals surface area contributed by atoms with Crippen molar-refractivity contribution >= 4 is 17.5 Å². The summed E-state index contributed by atoms with van der Waals surface area (Å²) >= 11 is 0. The van der Waals surface area contributed by atoms with Crippen molar-refractivity contribution in [2.45, 2.75) is 90.1 Å². The molecule has 3 rings (SSSR count). The van der Waals surface area contributed by atoms with E-state index in [4.69, 9.17) is 9.47 Å². The van der Waals surface area contributed by atoms with Gasteiger partial charge in [0.2, 0.25) is 11.6 Å². The Morgan fingerprint density at radius 2 is 1.84 bits per heavy atom. The van der Waals surface area contributed by atoms with Gasteiger partial charge in [0, 0.05) is 23.9 Å². The average molecular weight is 455 g/mol. The molecule has 1 unspecified atom stereocenters. The molecule has 3 aliphatic carbocycles. The first-order chi connectivity index (χ1) is 14.9. The first kappa shape index (κ1) is 25.3. The number of methoxy groups -OCH3 is 1. The fourth-order valence-corrected chi connectivity index (χ4v) is 6.93. The summed E-state index contributed by atoms with van der Waals surface area (Å²) in [6.07, 6.45) is 1.37. The summed E-state index contributed by atoms with van der Waals surface area (Å²) in [7, 11) is 1.27. The van der Waals surface area contributed by atoms with Gasteiger partial charge in [-0.1, -0.05) is 53.4 Å². The molecular formula is C24H38O8. The molecule has 0 aliphatic heterocycles. The molecule has 182 valence electrons. The van der Waals surface area contributed by atoms with E-state index in [1.54, 1.807) is 6.92 Å². The molecule has 8 heteroatoms. The van der Waals surface area contributed by atoms with Crippen molar-refractivity contribution in [3.63, 3.8) is 0 Å². The predicted molar refractivity (Wildman–Crippen MR) is 114 cm³/mol. The van der Waals surface area contributed by atoms with Gasteiger partial charge in [0.25, 0.3) is 0 Å². The van der Waals surface area contributed by atoms with Crippen molar-refractivity contribution in [2.75, 3.05) is 13.7 Å². The van der Waals surface area contributed by atoms with E-state index in [2.05, 4.69) is 6.92 Å². The lowest BCUT2D eigenvalue weighted by atomic mass is 9.63. The molecule has 3 aliphatic rings. The van der Waals surface area contributed by atoms with Crippen molar-refractivity contribution in [2.24, 2.45) is 28.6 Å². The van der Waals surface area contributed by atoms with Crippen LogP contribution < -0.4 is 0 Å². The highest BCUT2D eigenvalue weighted by molar-refractivity contribution is 6.44. The van der Waals surface area contributed by atoms with Crippen LogP contribution in [0.5, 0.6) is 0 Å². The second-order valence-corrected chi connectivity index (χ2v) is 10.7. The summed E-state index contributed by atoms with van der Waals surface area (Å²) in [6.45, 7) is 6.87. The number of Topliss-reactive ketones (excluding diaryl/α,β-unsaturated/α-hetero) is 2. The van der Waals surface area contributed by atoms with Gasteiger partial charge in [-0.15, -0.1) is 0 Å². The van der Waals surface area contributed by atoms with Crippen molar-refractivity contribution in [3.8, 4) is 0 Å². The summed E-state index contributed by atoms with van der Waals surface area (Å²) < 4.78 is 11.4. The zero-order chi connectivity index (χ0) is 24.1. The van der Waals surface area contributed by atoms with Crippen LogP contribution in [0, 0.1) is 28.6 Å². The van der Waals surface area contributed by atoms with Crippen molar-refractivity contribution in [1.82, 2.24) is 0 Å². The minimum atomic E-state index is -1.81. The van der Waals surface area contributed by atoms with E-state index in [1.165, 1.54) is 7.11 Å². The first-order valence-electron chi connectivity index (χ1n) is 11.8. The minimum absolute atomic E-state index is 0.304. The number of ether oxygens (including phenoxy) is 2. The maximum atomic E-state index is 12.9. The molecular weight excluding hydrogens is 416 g/mol. The smallest absolute Gasteiger partial charge is 0.335 e. The highest BCUT2D eigenvalue weighted by Gasteiger charge is 2.80. The van der Waals surface area contributed by atoms with Crippen LogP contribution in [0.1, 0.15) is 66.2 Å². The molecule has 0 saturated heterocycles. The van der Waals surface area contributed by atoms with E-state index in [1.807, 2.05) is 13.8 Å². The number of aliphatic hydroxyl groups excluding tert-OH is 3. The fourth-order valence-electron chi connectivity index (χ4n) is 6.93. The average Bonchev–Trinajstić information content (AvgIpc) is 3.20. The third-order valence-corrected chi connectivity index (χ3v) is 8.60. The molecule has 3 saturated carbocycles. The molecule has 8 atom stereocenters. The van der Waals surface area contributed by atoms with Crippen LogP contribution in [0.3, 0.4) is 0 Å². The number of rotatable bonds is 9. The zero-order valence-electron chi connectivity index (χ0n) is 19.8. The second kappa shape index (κ2) is 8.78. The lowest BCUT2D eigenvalue weighted by Crippen LogP contribution is -2.58. The molecule has 0 aromatic carbocycles. The van der Waals surface area contributed by atoms with Crippen LogP contribution in [-0.4, -0.2) is 70.5 Å². The maximum Gasteiger partial charge on any atom is 0.335 e. The molecule has 32 heavy (non-hydrogen) atoms. The number of aliphatic hydroxyl groups is 3. The zero-order valence-corrected chi connectivity index (χ0v) is 19.8. The third-order valence-electron chi connectivity index (χ3n) is 8.60. The molecule has 8 nitrogen and oxygen atoms in total. The van der Waals surface area contributed by atoms with E-state index in [0.717, 1.165) is 19.3 Å². The number of carbonyl (C=O) groups is 3. The summed E-state index contributed by atoms with van der Waals surface area (Å²) in [5.41, 5.74) is -3.62. The minimum Gasteiger partial charge on any atom is -0.460 e. The van der Waals surface area contributed by atoms with Gasteiger partial charge >= 0.3 is 5.97 Å². The highest BCUT2D eigenvalue weighted by atomic mass is 16.6. The van der Waals surface area contributed by atoms with Gasteiger partial charge in [-0.05, 0) is 18.8 Å². The van der Waals surface area contributed by atoms with Gasteiger partial charge in [-0.25, -0.2) is 4.79 Å². The van der Waals surface area contributed by atoms with Gasteiger partial charge < -0.3 is 24.8 Å². The van der Waals surface area contributed by atoms with Crippen LogP contribution in [0.2, 0.25) is 0 Å². The standard InChI is InChI=1S/C24H38O8/c1-6-7-8-9-10-14(26)21(30)32-20-15-13(11-22(20,2)3)17(27)16-18(28)19(29)24(12-25,31-5)23(15,16)4/h13-17,20,25-27H,6-12H2,1-5H3/t13-,14?,15-,16-,17-,20+,23-,24+/m0/s1. The Kier molecular flexibility index (Phi) is 6.93. The number of esters is 1. The molecule has 0 bridgehead atoms. The van der Waals surface area contributed by atoms with Crippen LogP contribution in [0.4, 0.5) is 0 Å². The van der Waals surface area contributed by atoms with E-state index in [-0.39, 0.29) is 0 Å². The number of carbonyl (C=O) groups excluding carboxylic acids is 3. The number of hydrogen-bond acceptors (Lipinski definition) is 8. The van der Waals surface area contributed by atoms with Crippen molar-refractivity contribution < 1.29 is 39.2 Å². The second-order valence-electron chi connectivity index (χ2n) is 10.7. The van der Waals surface area contributed by atoms with Gasteiger partial charge in [0.05, 0.1) is 18.6 Å². The van der Waals surface area contributed by atoms with Gasteiger partial charge in [-0.3, -0.25) is 9.59 Å². The van der Waals surface area contributed by atoms with Gasteiger partial charge in [-0.2, -0.15) is 0 Å². The molecule has 0 spiro atoms. The van der Waals surface area contributed by atoms with E-state index >= 15 is 0 Å². The van der Waals surface area contributed by atoms with Crippen LogP contribution in [0.25, 0.3) is 0 Å². The largest absolute Gasteiger partial charge is 0.460 e. The molecule has 0 aromatic heterocycles. The van der Waals surface area contributed by atoms with E-state index in [0.29, 0.717) is 19.3 Å². The lowest BCUT2D eigenvalue weighted by Gasteiger charge is -2.46. The molecule has 3 N–H and O–H groups in total. The Labute approximate surface area is 189 Å². The lowest BCUT2D eigenvalue weighted by molar-refractivity contribution is -0.187. The van der Waals surface area contributed by atoms with Crippen LogP contribution in [0.15, 0.2) is 0 Å². The van der Waals surface area contributed by atoms with E-state index in [9.17, 15) is 29.7 Å². The van der Waals surface area contributed by atoms with Crippen LogP contribution >= 0.6 is 0 Å². The Morgan fingerprint density at radius 3 is 2.41 bits per heavy atom. The van der Waals surface area contributed by atoms with Crippen molar-refractivity contribution in [1.29, 1.82) is 0 Å². The number of hydrogen-bond donors (Lipinski definition) is 3. The molecule has 0 amide bonds. The monoisotopic (exact) mass is 454 g/mol. The number of ketones is 2. The van der Waals surface area contributed by atoms with Crippen LogP contribution in [-0.2, 0) is 23.9 Å². The normalized spacial score (nSPS) is 40.9. The third kappa shape index (κ3) is 3.37. The predicted octanol–water partition coefficient (Wildman–Crippen LogP) is 1.42. The summed E-state index contributed by atoms with van der Waals surface area (Å²) in [6, 6.07) is 0. The molecule has 0 radical (unpaired) electrons. The highest BCUT2D eigenvalue weighted by Crippen LogP contribution is 2.69. The molecule has 0 aromatic rings. The summed E-state index contributed by atoms with van der Waals surface area (Å²) in [4.78, 5) is 38.6. The quantitative estimate of drug-likeness (QED) is 0.271. The van der Waals surface area contributed by atoms with Crippen molar-refractivity contribution in [3.05, 3.63) is 0 Å². The molecule has 0 heterocycles. The van der Waals surface area contributed by atoms with Gasteiger partial charge in [0.1, 0.15) is 6.10 Å². The summed E-state index contributed by atoms with van der Waals surface area (Å²) in [5, 5.41) is 31.7. The summed E-state index contributed by atoms with van der Waals surface area (Å²) in [5.74, 6) is -4.35. The molecule has 3 fully saturated rings. The first-order valence-corrected chi connectivity index (χ1v) is 11.8. The number of unbranched alkanes of at least 4 members (excludes halogenated alkanes) is 3.